The molecule has 8 fully saturated rings. The second-order valence-electron chi connectivity index (χ2n) is 27.1. The van der Waals surface area contributed by atoms with Crippen molar-refractivity contribution >= 4 is 100 Å². The van der Waals surface area contributed by atoms with E-state index in [2.05, 4.69) is 145 Å². The van der Waals surface area contributed by atoms with Crippen molar-refractivity contribution in [1.82, 2.24) is 49.5 Å². The lowest BCUT2D eigenvalue weighted by atomic mass is 9.80. The second kappa shape index (κ2) is 41.9. The zero-order chi connectivity index (χ0) is 77.4. The highest BCUT2D eigenvalue weighted by Crippen LogP contribution is 2.29. The lowest BCUT2D eigenvalue weighted by Crippen LogP contribution is -2.56. The van der Waals surface area contributed by atoms with Crippen LogP contribution in [0.5, 0.6) is 0 Å². The Labute approximate surface area is 651 Å². The first-order chi connectivity index (χ1) is 51.8. The number of piperazine rings is 3. The van der Waals surface area contributed by atoms with Crippen LogP contribution >= 0.6 is 47.8 Å². The van der Waals surface area contributed by atoms with Gasteiger partial charge in [0.25, 0.3) is 11.4 Å². The number of nitrogens with zero attached hydrogens (tertiary/aromatic N) is 14. The number of nitrogens with one attached hydrogen (secondary N) is 1. The van der Waals surface area contributed by atoms with Gasteiger partial charge in [0, 0.05) is 148 Å². The Morgan fingerprint density at radius 2 is 0.833 bits per heavy atom. The van der Waals surface area contributed by atoms with Crippen LogP contribution in [-0.2, 0) is 18.9 Å². The number of non-ortho nitro benzene ring substituents is 2. The van der Waals surface area contributed by atoms with Gasteiger partial charge in [0.15, 0.2) is 4.73 Å². The lowest BCUT2D eigenvalue weighted by molar-refractivity contribution is -0.385. The van der Waals surface area contributed by atoms with Gasteiger partial charge in [-0.1, -0.05) is 22.4 Å². The minimum atomic E-state index is -1.83. The fraction of sp³-hybridized carbons (Fsp3) is 0.452. The second-order valence-corrected chi connectivity index (χ2v) is 29.5. The van der Waals surface area contributed by atoms with Crippen molar-refractivity contribution in [1.29, 1.82) is 0 Å². The molecule has 8 aromatic rings. The van der Waals surface area contributed by atoms with E-state index in [4.69, 9.17) is 40.5 Å². The van der Waals surface area contributed by atoms with Crippen LogP contribution in [0.15, 0.2) is 136 Å². The first-order valence-electron chi connectivity index (χ1n) is 35.6. The number of H-pyrrole nitrogens is 1. The summed E-state index contributed by atoms with van der Waals surface area (Å²) in [6.07, 6.45) is 7.03. The van der Waals surface area contributed by atoms with Gasteiger partial charge in [0.1, 0.15) is 35.9 Å². The highest BCUT2D eigenvalue weighted by molar-refractivity contribution is 9.11. The summed E-state index contributed by atoms with van der Waals surface area (Å²) in [7, 11) is -1.83. The summed E-state index contributed by atoms with van der Waals surface area (Å²) in [5.74, 6) is -2.94. The molecule has 2 aromatic heterocycles. The molecule has 16 rings (SSSR count). The number of aryl methyl sites for hydroxylation is 4. The molecule has 27 nitrogen and oxygen atoms in total. The maximum atomic E-state index is 12.8. The SMILES string of the molecule is Brc1ncn[nH]1.C1CCN(C2COC2)CC1.Cc1cc(Br)cc([N+](=O)[O-])c1.Cc1cc(N)cc(N2CCN(C3COC3)CC2)c1.Cc1cc(N)cc(N2CCN(C3COC3)CC2)c1.Cc1cc(N2CCN(C3COC3)CC2)cc([N+](=O)[O-])c1.Fc1cc(F)cc(-n2cnc(Br)n2)c1.OB(O)c1cc(F)cc(F)c1. The first kappa shape index (κ1) is 84.2. The van der Waals surface area contributed by atoms with Crippen LogP contribution < -0.4 is 31.6 Å². The molecule has 0 bridgehead atoms. The van der Waals surface area contributed by atoms with Crippen molar-refractivity contribution < 1.29 is 56.4 Å². The average molecular weight is 1700 g/mol. The highest BCUT2D eigenvalue weighted by Gasteiger charge is 2.32. The monoisotopic (exact) mass is 1690 g/mol. The molecule has 7 N–H and O–H groups in total. The van der Waals surface area contributed by atoms with E-state index in [0.29, 0.717) is 39.3 Å². The number of anilines is 5. The number of rotatable bonds is 11. The van der Waals surface area contributed by atoms with Crippen LogP contribution in [0.4, 0.5) is 57.4 Å². The van der Waals surface area contributed by atoms with Gasteiger partial charge in [-0.25, -0.2) is 32.2 Å². The molecule has 0 unspecified atom stereocenters. The highest BCUT2D eigenvalue weighted by atomic mass is 79.9. The predicted molar refractivity (Wildman–Crippen MR) is 419 cm³/mol. The van der Waals surface area contributed by atoms with Gasteiger partial charge in [-0.05, 0) is 186 Å². The quantitative estimate of drug-likeness (QED) is 0.0264. The summed E-state index contributed by atoms with van der Waals surface area (Å²) in [6, 6.07) is 31.0. The summed E-state index contributed by atoms with van der Waals surface area (Å²) in [4.78, 5) is 45.1. The van der Waals surface area contributed by atoms with Crippen LogP contribution in [0.2, 0.25) is 0 Å². The van der Waals surface area contributed by atoms with Crippen molar-refractivity contribution in [2.75, 3.05) is 171 Å². The molecule has 108 heavy (non-hydrogen) atoms. The van der Waals surface area contributed by atoms with Gasteiger partial charge >= 0.3 is 7.12 Å². The Morgan fingerprint density at radius 1 is 0.463 bits per heavy atom. The molecule has 582 valence electrons. The van der Waals surface area contributed by atoms with Crippen molar-refractivity contribution in [2.24, 2.45) is 0 Å². The average Bonchev–Trinajstić information content (AvgIpc) is 1.00. The number of likely N-dealkylation sites (tertiary alicyclic amines) is 1. The Morgan fingerprint density at radius 3 is 1.15 bits per heavy atom. The van der Waals surface area contributed by atoms with Gasteiger partial charge in [0.05, 0.1) is 92.6 Å². The fourth-order valence-corrected chi connectivity index (χ4v) is 13.9. The number of benzene rings is 6. The Kier molecular flexibility index (Phi) is 32.7. The summed E-state index contributed by atoms with van der Waals surface area (Å²) < 4.78 is 74.2. The molecule has 0 saturated carbocycles. The first-order valence-corrected chi connectivity index (χ1v) is 38.0. The number of aromatic amines is 1. The van der Waals surface area contributed by atoms with Crippen LogP contribution in [-0.4, -0.2) is 245 Å². The zero-order valence-electron chi connectivity index (χ0n) is 60.8. The number of halogens is 7. The number of ether oxygens (including phenoxy) is 4. The van der Waals surface area contributed by atoms with Gasteiger partial charge in [-0.2, -0.15) is 5.10 Å². The van der Waals surface area contributed by atoms with Crippen LogP contribution in [0.1, 0.15) is 41.5 Å². The van der Waals surface area contributed by atoms with E-state index >= 15 is 0 Å². The molecule has 6 aromatic carbocycles. The number of nitro benzene ring substituents is 2. The van der Waals surface area contributed by atoms with Crippen LogP contribution in [0.3, 0.4) is 0 Å². The molecule has 10 heterocycles. The Bertz CT molecular complexity index is 3960. The third-order valence-electron chi connectivity index (χ3n) is 18.8. The van der Waals surface area contributed by atoms with E-state index in [1.54, 1.807) is 12.1 Å². The Balaban J connectivity index is 0.000000145. The molecule has 8 saturated heterocycles. The third-order valence-corrected chi connectivity index (χ3v) is 20.0. The van der Waals surface area contributed by atoms with Gasteiger partial charge < -0.3 is 55.2 Å². The van der Waals surface area contributed by atoms with Crippen molar-refractivity contribution in [3.05, 3.63) is 202 Å². The van der Waals surface area contributed by atoms with Crippen molar-refractivity contribution in [3.8, 4) is 5.69 Å². The fourth-order valence-electron chi connectivity index (χ4n) is 12.8. The van der Waals surface area contributed by atoms with Crippen molar-refractivity contribution in [3.63, 3.8) is 0 Å². The summed E-state index contributed by atoms with van der Waals surface area (Å²) >= 11 is 9.26. The third kappa shape index (κ3) is 26.8. The lowest BCUT2D eigenvalue weighted by Gasteiger charge is -2.43. The van der Waals surface area contributed by atoms with Crippen LogP contribution in [0, 0.1) is 71.2 Å². The largest absolute Gasteiger partial charge is 0.488 e. The maximum absolute atomic E-state index is 12.8. The normalized spacial score (nSPS) is 17.8. The van der Waals surface area contributed by atoms with E-state index in [-0.39, 0.29) is 21.8 Å². The standard InChI is InChI=1S/C14H19N3O3.2C14H21N3O.C8H4BrF2N3.C8H15NO.C7H6BrNO2.C6H5BF2O2.C2H2BrN3/c1-11-6-12(8-13(7-11)17(18)19)15-2-4-16(5-3-15)14-9-20-10-14;2*1-11-6-12(15)8-13(7-11)16-2-4-17(5-3-16)14-9-18-10-14;9-8-12-4-14(13-8)7-2-5(10)1-6(11)3-7;1-2-4-9(5-3-1)8-6-10-7-8;1-5-2-6(8)4-7(3-5)9(10)11;8-5-1-4(7(10)11)2-6(9)3-5;3-2-4-1-5-6-2/h6-8,14H,2-5,9-10H2,1H3;2*6-8,14H,2-5,9-10,15H2,1H3;1-4H;8H,1-7H2;2-4H,1H3;1-3,10-11H;1H,(H,4,5,6). The maximum Gasteiger partial charge on any atom is 0.488 e. The van der Waals surface area contributed by atoms with Crippen molar-refractivity contribution in [2.45, 2.75) is 71.1 Å². The molecule has 35 heteroatoms. The van der Waals surface area contributed by atoms with Gasteiger partial charge in [-0.15, -0.1) is 5.10 Å². The number of piperidine rings is 1. The van der Waals surface area contributed by atoms with E-state index in [1.807, 2.05) is 38.1 Å². The minimum absolute atomic E-state index is 0.122. The van der Waals surface area contributed by atoms with E-state index in [0.717, 1.165) is 188 Å². The molecule has 0 radical (unpaired) electrons. The molecule has 0 amide bonds. The zero-order valence-corrected chi connectivity index (χ0v) is 65.6. The topological polar surface area (TPSA) is 311 Å². The van der Waals surface area contributed by atoms with E-state index < -0.39 is 35.3 Å². The number of nitro groups is 2. The van der Waals surface area contributed by atoms with E-state index in [9.17, 15) is 37.8 Å². The molecule has 0 atom stereocenters. The summed E-state index contributed by atoms with van der Waals surface area (Å²) in [5, 5.41) is 48.2. The summed E-state index contributed by atoms with van der Waals surface area (Å²) in [5.41, 5.74) is 21.7. The number of nitrogen functional groups attached to an aromatic ring is 2. The Hall–Kier alpha value is -7.78. The number of hydrogen-bond donors (Lipinski definition) is 5. The molecular weight excluding hydrogens is 1600 g/mol. The van der Waals surface area contributed by atoms with E-state index in [1.165, 1.54) is 96.5 Å². The number of aromatic nitrogens is 6. The van der Waals surface area contributed by atoms with Gasteiger partial charge in [-0.3, -0.25) is 44.9 Å². The molecule has 0 spiro atoms. The number of nitrogens with two attached hydrogens (primary N) is 2. The predicted octanol–water partition coefficient (Wildman–Crippen LogP) is 9.68. The molecule has 8 aliphatic rings. The molecular formula is C73H93BBr3F4N17O10. The smallest absolute Gasteiger partial charge is 0.423 e. The summed E-state index contributed by atoms with van der Waals surface area (Å²) in [6.45, 7) is 30.5. The number of hydrogen-bond acceptors (Lipinski definition) is 23. The minimum Gasteiger partial charge on any atom is -0.423 e. The molecule has 0 aliphatic carbocycles. The molecule has 8 aliphatic heterocycles. The van der Waals surface area contributed by atoms with Gasteiger partial charge in [0.2, 0.25) is 4.73 Å². The van der Waals surface area contributed by atoms with Crippen LogP contribution in [0.25, 0.3) is 5.69 Å².